The fourth-order valence-electron chi connectivity index (χ4n) is 2.88. The Morgan fingerprint density at radius 2 is 1.69 bits per heavy atom. The summed E-state index contributed by atoms with van der Waals surface area (Å²) in [7, 11) is 0. The molecule has 142 valence electrons. The number of aromatic nitrogens is 2. The van der Waals surface area contributed by atoms with Crippen LogP contribution in [-0.2, 0) is 0 Å². The van der Waals surface area contributed by atoms with E-state index in [2.05, 4.69) is 20.5 Å². The fraction of sp³-hybridized carbons (Fsp3) is 0. The zero-order valence-electron chi connectivity index (χ0n) is 15.0. The van der Waals surface area contributed by atoms with Gasteiger partial charge >= 0.3 is 0 Å². The number of carbonyl (C=O) groups excluding carboxylic acids is 1. The van der Waals surface area contributed by atoms with Crippen LogP contribution >= 0.6 is 23.2 Å². The maximum absolute atomic E-state index is 12.9. The number of benzene rings is 2. The summed E-state index contributed by atoms with van der Waals surface area (Å²) in [4.78, 5) is 21.6. The zero-order valence-corrected chi connectivity index (χ0v) is 16.5. The molecule has 0 fully saturated rings. The first-order valence-electron chi connectivity index (χ1n) is 8.71. The second-order valence-electron chi connectivity index (χ2n) is 6.14. The quantitative estimate of drug-likeness (QED) is 0.356. The first kappa shape index (κ1) is 19.1. The minimum absolute atomic E-state index is 0.363. The van der Waals surface area contributed by atoms with Crippen molar-refractivity contribution in [3.05, 3.63) is 94.2 Å². The number of fused-ring (bicyclic) bond motifs is 1. The number of hydrazone groups is 1. The van der Waals surface area contributed by atoms with Gasteiger partial charge in [0.2, 0.25) is 0 Å². The second-order valence-corrected chi connectivity index (χ2v) is 6.96. The van der Waals surface area contributed by atoms with Gasteiger partial charge < -0.3 is 0 Å². The van der Waals surface area contributed by atoms with Crippen LogP contribution in [0.5, 0.6) is 0 Å². The number of para-hydroxylation sites is 1. The Bertz CT molecular complexity index is 1210. The molecular formula is C22H14Cl2N4O. The van der Waals surface area contributed by atoms with E-state index in [-0.39, 0.29) is 5.91 Å². The summed E-state index contributed by atoms with van der Waals surface area (Å²) in [6.45, 7) is 0. The van der Waals surface area contributed by atoms with Crippen molar-refractivity contribution in [2.24, 2.45) is 5.10 Å². The number of nitrogens with zero attached hydrogens (tertiary/aromatic N) is 3. The summed E-state index contributed by atoms with van der Waals surface area (Å²) < 4.78 is 0. The predicted octanol–water partition coefficient (Wildman–Crippen LogP) is 5.37. The van der Waals surface area contributed by atoms with Crippen LogP contribution in [0, 0.1) is 0 Å². The van der Waals surface area contributed by atoms with E-state index < -0.39 is 0 Å². The van der Waals surface area contributed by atoms with Gasteiger partial charge in [-0.15, -0.1) is 0 Å². The largest absolute Gasteiger partial charge is 0.272 e. The van der Waals surface area contributed by atoms with E-state index in [0.717, 1.165) is 10.9 Å². The molecule has 0 spiro atoms. The summed E-state index contributed by atoms with van der Waals surface area (Å²) in [5, 5.41) is 5.65. The molecule has 4 aromatic rings. The van der Waals surface area contributed by atoms with Gasteiger partial charge in [-0.25, -0.2) is 10.4 Å². The minimum Gasteiger partial charge on any atom is -0.267 e. The molecule has 0 radical (unpaired) electrons. The lowest BCUT2D eigenvalue weighted by molar-refractivity contribution is 0.0956. The molecule has 29 heavy (non-hydrogen) atoms. The van der Waals surface area contributed by atoms with Gasteiger partial charge in [-0.2, -0.15) is 5.10 Å². The van der Waals surface area contributed by atoms with Crippen molar-refractivity contribution in [2.75, 3.05) is 0 Å². The first-order chi connectivity index (χ1) is 14.1. The Balaban J connectivity index is 1.69. The molecule has 4 rings (SSSR count). The van der Waals surface area contributed by atoms with E-state index in [0.29, 0.717) is 32.4 Å². The summed E-state index contributed by atoms with van der Waals surface area (Å²) in [6, 6.07) is 18.0. The lowest BCUT2D eigenvalue weighted by atomic mass is 10.0. The van der Waals surface area contributed by atoms with Crippen LogP contribution in [0.25, 0.3) is 22.2 Å². The monoisotopic (exact) mass is 420 g/mol. The highest BCUT2D eigenvalue weighted by Gasteiger charge is 2.13. The molecule has 0 aliphatic carbocycles. The summed E-state index contributed by atoms with van der Waals surface area (Å²) >= 11 is 12.3. The molecule has 1 amide bonds. The third kappa shape index (κ3) is 4.11. The van der Waals surface area contributed by atoms with Gasteiger partial charge in [-0.3, -0.25) is 9.78 Å². The molecular weight excluding hydrogens is 407 g/mol. The van der Waals surface area contributed by atoms with E-state index in [1.54, 1.807) is 36.7 Å². The van der Waals surface area contributed by atoms with Crippen LogP contribution in [0.2, 0.25) is 10.0 Å². The molecule has 0 aliphatic heterocycles. The Morgan fingerprint density at radius 3 is 2.45 bits per heavy atom. The molecule has 2 aromatic heterocycles. The van der Waals surface area contributed by atoms with Crippen LogP contribution < -0.4 is 5.43 Å². The highest BCUT2D eigenvalue weighted by molar-refractivity contribution is 6.38. The third-order valence-electron chi connectivity index (χ3n) is 4.30. The number of hydrogen-bond acceptors (Lipinski definition) is 4. The average Bonchev–Trinajstić information content (AvgIpc) is 2.75. The fourth-order valence-corrected chi connectivity index (χ4v) is 3.38. The summed E-state index contributed by atoms with van der Waals surface area (Å²) in [6.07, 6.45) is 4.79. The normalized spacial score (nSPS) is 11.1. The van der Waals surface area contributed by atoms with Gasteiger partial charge in [0.15, 0.2) is 0 Å². The van der Waals surface area contributed by atoms with Crippen molar-refractivity contribution in [3.63, 3.8) is 0 Å². The number of carbonyl (C=O) groups is 1. The molecule has 2 aromatic carbocycles. The molecule has 0 bridgehead atoms. The number of pyridine rings is 2. The maximum atomic E-state index is 12.9. The summed E-state index contributed by atoms with van der Waals surface area (Å²) in [5.74, 6) is -0.363. The van der Waals surface area contributed by atoms with Gasteiger partial charge in [0.05, 0.1) is 33.0 Å². The highest BCUT2D eigenvalue weighted by Crippen LogP contribution is 2.25. The topological polar surface area (TPSA) is 67.2 Å². The van der Waals surface area contributed by atoms with E-state index in [4.69, 9.17) is 23.2 Å². The second kappa shape index (κ2) is 8.39. The van der Waals surface area contributed by atoms with Gasteiger partial charge in [0.1, 0.15) is 0 Å². The van der Waals surface area contributed by atoms with Crippen molar-refractivity contribution in [1.82, 2.24) is 15.4 Å². The van der Waals surface area contributed by atoms with E-state index >= 15 is 0 Å². The number of halogens is 2. The number of amides is 1. The van der Waals surface area contributed by atoms with Gasteiger partial charge in [0, 0.05) is 28.9 Å². The molecule has 0 saturated heterocycles. The number of nitrogens with one attached hydrogen (secondary N) is 1. The summed E-state index contributed by atoms with van der Waals surface area (Å²) in [5.41, 5.74) is 5.80. The Kier molecular flexibility index (Phi) is 5.51. The zero-order chi connectivity index (χ0) is 20.2. The van der Waals surface area contributed by atoms with E-state index in [9.17, 15) is 4.79 Å². The maximum Gasteiger partial charge on any atom is 0.272 e. The van der Waals surface area contributed by atoms with Crippen LogP contribution in [-0.4, -0.2) is 22.1 Å². The smallest absolute Gasteiger partial charge is 0.267 e. The molecule has 2 heterocycles. The third-order valence-corrected chi connectivity index (χ3v) is 4.96. The van der Waals surface area contributed by atoms with E-state index in [1.807, 2.05) is 36.4 Å². The lowest BCUT2D eigenvalue weighted by Gasteiger charge is -2.09. The van der Waals surface area contributed by atoms with Crippen LogP contribution in [0.15, 0.2) is 78.2 Å². The van der Waals surface area contributed by atoms with Crippen molar-refractivity contribution in [2.45, 2.75) is 0 Å². The Labute approximate surface area is 177 Å². The minimum atomic E-state index is -0.363. The predicted molar refractivity (Wildman–Crippen MR) is 116 cm³/mol. The highest BCUT2D eigenvalue weighted by atomic mass is 35.5. The van der Waals surface area contributed by atoms with Crippen molar-refractivity contribution >= 4 is 46.2 Å². The van der Waals surface area contributed by atoms with Crippen molar-refractivity contribution in [3.8, 4) is 11.3 Å². The molecule has 1 N–H and O–H groups in total. The lowest BCUT2D eigenvalue weighted by Crippen LogP contribution is -2.18. The van der Waals surface area contributed by atoms with E-state index in [1.165, 1.54) is 6.21 Å². The van der Waals surface area contributed by atoms with Crippen molar-refractivity contribution < 1.29 is 4.79 Å². The van der Waals surface area contributed by atoms with Crippen molar-refractivity contribution in [1.29, 1.82) is 0 Å². The SMILES string of the molecule is O=C(N/N=C/c1c(Cl)cccc1Cl)c1cc(-c2ccncc2)nc2ccccc12. The molecule has 0 saturated carbocycles. The van der Waals surface area contributed by atoms with Crippen LogP contribution in [0.4, 0.5) is 0 Å². The number of rotatable bonds is 4. The molecule has 0 unspecified atom stereocenters. The first-order valence-corrected chi connectivity index (χ1v) is 9.46. The molecule has 7 heteroatoms. The van der Waals surface area contributed by atoms with Crippen LogP contribution in [0.3, 0.4) is 0 Å². The Morgan fingerprint density at radius 1 is 0.966 bits per heavy atom. The van der Waals surface area contributed by atoms with Crippen LogP contribution in [0.1, 0.15) is 15.9 Å². The van der Waals surface area contributed by atoms with Gasteiger partial charge in [0.25, 0.3) is 5.91 Å². The molecule has 5 nitrogen and oxygen atoms in total. The molecule has 0 atom stereocenters. The number of hydrogen-bond donors (Lipinski definition) is 1. The molecule has 0 aliphatic rings. The van der Waals surface area contributed by atoms with Gasteiger partial charge in [-0.1, -0.05) is 47.5 Å². The standard InChI is InChI=1S/C22H14Cl2N4O/c23-18-5-3-6-19(24)17(18)13-26-28-22(29)16-12-21(14-8-10-25-11-9-14)27-20-7-2-1-4-15(16)20/h1-13H,(H,28,29)/b26-13+. The Hall–Kier alpha value is -3.28. The van der Waals surface area contributed by atoms with Gasteiger partial charge in [-0.05, 0) is 36.4 Å². The average molecular weight is 421 g/mol.